The quantitative estimate of drug-likeness (QED) is 0.722. The molecule has 0 fully saturated rings. The SMILES string of the molecule is Cc1ccc2nc(CSCC(=O)Nc3cccc(Cl)c3C)cc(=O)n2c1. The van der Waals surface area contributed by atoms with Crippen molar-refractivity contribution < 1.29 is 4.79 Å². The number of pyridine rings is 1. The van der Waals surface area contributed by atoms with Crippen molar-refractivity contribution in [3.05, 3.63) is 74.8 Å². The summed E-state index contributed by atoms with van der Waals surface area (Å²) < 4.78 is 1.53. The van der Waals surface area contributed by atoms with Crippen molar-refractivity contribution in [2.75, 3.05) is 11.1 Å². The maximum absolute atomic E-state index is 12.2. The Hall–Kier alpha value is -2.31. The molecular formula is C19H18ClN3O2S. The molecule has 0 spiro atoms. The van der Waals surface area contributed by atoms with Crippen LogP contribution in [0.15, 0.2) is 47.4 Å². The standard InChI is InChI=1S/C19H18ClN3O2S/c1-12-6-7-17-21-14(8-19(25)23(17)9-12)10-26-11-18(24)22-16-5-3-4-15(20)13(16)2/h3-9H,10-11H2,1-2H3,(H,22,24). The highest BCUT2D eigenvalue weighted by atomic mass is 35.5. The molecule has 1 aromatic carbocycles. The number of carbonyl (C=O) groups is 1. The molecule has 0 unspecified atom stereocenters. The van der Waals surface area contributed by atoms with E-state index in [1.54, 1.807) is 18.3 Å². The zero-order chi connectivity index (χ0) is 18.7. The molecule has 1 N–H and O–H groups in total. The van der Waals surface area contributed by atoms with Gasteiger partial charge in [-0.15, -0.1) is 11.8 Å². The van der Waals surface area contributed by atoms with Crippen LogP contribution in [0, 0.1) is 13.8 Å². The lowest BCUT2D eigenvalue weighted by atomic mass is 10.2. The number of fused-ring (bicyclic) bond motifs is 1. The van der Waals surface area contributed by atoms with E-state index < -0.39 is 0 Å². The van der Waals surface area contributed by atoms with Gasteiger partial charge >= 0.3 is 0 Å². The van der Waals surface area contributed by atoms with Crippen LogP contribution < -0.4 is 10.9 Å². The lowest BCUT2D eigenvalue weighted by molar-refractivity contribution is -0.113. The van der Waals surface area contributed by atoms with E-state index in [-0.39, 0.29) is 17.2 Å². The molecule has 0 saturated carbocycles. The van der Waals surface area contributed by atoms with Gasteiger partial charge in [0.1, 0.15) is 5.65 Å². The average Bonchev–Trinajstić information content (AvgIpc) is 2.60. The highest BCUT2D eigenvalue weighted by Gasteiger charge is 2.08. The van der Waals surface area contributed by atoms with Crippen molar-refractivity contribution in [3.8, 4) is 0 Å². The van der Waals surface area contributed by atoms with E-state index in [1.807, 2.05) is 32.0 Å². The predicted molar refractivity (Wildman–Crippen MR) is 107 cm³/mol. The van der Waals surface area contributed by atoms with Crippen LogP contribution in [-0.2, 0) is 10.5 Å². The number of rotatable bonds is 5. The van der Waals surface area contributed by atoms with Gasteiger partial charge in [0.25, 0.3) is 5.56 Å². The van der Waals surface area contributed by atoms with Crippen LogP contribution in [0.5, 0.6) is 0 Å². The first-order chi connectivity index (χ1) is 12.4. The molecule has 5 nitrogen and oxygen atoms in total. The summed E-state index contributed by atoms with van der Waals surface area (Å²) in [5, 5.41) is 3.47. The third-order valence-corrected chi connectivity index (χ3v) is 5.26. The van der Waals surface area contributed by atoms with Crippen LogP contribution in [0.3, 0.4) is 0 Å². The molecule has 3 rings (SSSR count). The molecule has 1 amide bonds. The number of nitrogens with one attached hydrogen (secondary N) is 1. The Morgan fingerprint density at radius 3 is 2.88 bits per heavy atom. The van der Waals surface area contributed by atoms with E-state index in [2.05, 4.69) is 10.3 Å². The molecular weight excluding hydrogens is 370 g/mol. The third kappa shape index (κ3) is 4.26. The number of aromatic nitrogens is 2. The Bertz CT molecular complexity index is 1030. The molecule has 0 aliphatic carbocycles. The summed E-state index contributed by atoms with van der Waals surface area (Å²) in [5.74, 6) is 0.635. The summed E-state index contributed by atoms with van der Waals surface area (Å²) in [7, 11) is 0. The maximum Gasteiger partial charge on any atom is 0.258 e. The number of amides is 1. The molecule has 0 bridgehead atoms. The lowest BCUT2D eigenvalue weighted by Gasteiger charge is -2.09. The molecule has 0 saturated heterocycles. The molecule has 2 heterocycles. The van der Waals surface area contributed by atoms with Gasteiger partial charge in [0.15, 0.2) is 0 Å². The van der Waals surface area contributed by atoms with Gasteiger partial charge in [-0.3, -0.25) is 14.0 Å². The molecule has 0 aliphatic heterocycles. The van der Waals surface area contributed by atoms with E-state index >= 15 is 0 Å². The van der Waals surface area contributed by atoms with Gasteiger partial charge in [0.2, 0.25) is 5.91 Å². The largest absolute Gasteiger partial charge is 0.325 e. The fraction of sp³-hybridized carbons (Fsp3) is 0.211. The van der Waals surface area contributed by atoms with Gasteiger partial charge in [0, 0.05) is 28.7 Å². The maximum atomic E-state index is 12.2. The Morgan fingerprint density at radius 2 is 2.08 bits per heavy atom. The van der Waals surface area contributed by atoms with Gasteiger partial charge in [-0.05, 0) is 43.2 Å². The first-order valence-corrected chi connectivity index (χ1v) is 9.59. The van der Waals surface area contributed by atoms with Crippen LogP contribution in [0.25, 0.3) is 5.65 Å². The number of carbonyl (C=O) groups excluding carboxylic acids is 1. The summed E-state index contributed by atoms with van der Waals surface area (Å²) in [6.45, 7) is 3.79. The van der Waals surface area contributed by atoms with Gasteiger partial charge in [-0.1, -0.05) is 23.7 Å². The molecule has 26 heavy (non-hydrogen) atoms. The first kappa shape index (κ1) is 18.5. The fourth-order valence-electron chi connectivity index (χ4n) is 2.51. The minimum Gasteiger partial charge on any atom is -0.325 e. The van der Waals surface area contributed by atoms with Gasteiger partial charge in [0.05, 0.1) is 11.4 Å². The summed E-state index contributed by atoms with van der Waals surface area (Å²) >= 11 is 7.47. The molecule has 0 aliphatic rings. The second-order valence-corrected chi connectivity index (χ2v) is 7.37. The smallest absolute Gasteiger partial charge is 0.258 e. The summed E-state index contributed by atoms with van der Waals surface area (Å²) in [6.07, 6.45) is 1.77. The van der Waals surface area contributed by atoms with E-state index in [0.29, 0.717) is 27.8 Å². The van der Waals surface area contributed by atoms with Crippen LogP contribution in [0.2, 0.25) is 5.02 Å². The summed E-state index contributed by atoms with van der Waals surface area (Å²) in [4.78, 5) is 28.8. The number of anilines is 1. The second-order valence-electron chi connectivity index (χ2n) is 5.97. The predicted octanol–water partition coefficient (Wildman–Crippen LogP) is 3.84. The minimum atomic E-state index is -0.117. The topological polar surface area (TPSA) is 63.5 Å². The Balaban J connectivity index is 1.62. The highest BCUT2D eigenvalue weighted by molar-refractivity contribution is 7.99. The van der Waals surface area contributed by atoms with Crippen LogP contribution >= 0.6 is 23.4 Å². The van der Waals surface area contributed by atoms with Crippen molar-refractivity contribution in [3.63, 3.8) is 0 Å². The molecule has 7 heteroatoms. The van der Waals surface area contributed by atoms with E-state index in [0.717, 1.165) is 11.1 Å². The summed E-state index contributed by atoms with van der Waals surface area (Å²) in [5.41, 5.74) is 3.70. The number of hydrogen-bond acceptors (Lipinski definition) is 4. The van der Waals surface area contributed by atoms with E-state index in [4.69, 9.17) is 11.6 Å². The van der Waals surface area contributed by atoms with Gasteiger partial charge < -0.3 is 5.32 Å². The molecule has 2 aromatic heterocycles. The third-order valence-electron chi connectivity index (χ3n) is 3.89. The monoisotopic (exact) mass is 387 g/mol. The van der Waals surface area contributed by atoms with E-state index in [9.17, 15) is 9.59 Å². The second kappa shape index (κ2) is 7.93. The summed E-state index contributed by atoms with van der Waals surface area (Å²) in [6, 6.07) is 10.6. The van der Waals surface area contributed by atoms with Crippen molar-refractivity contribution in [1.29, 1.82) is 0 Å². The van der Waals surface area contributed by atoms with Gasteiger partial charge in [-0.2, -0.15) is 0 Å². The van der Waals surface area contributed by atoms with Crippen molar-refractivity contribution >= 4 is 40.6 Å². The first-order valence-electron chi connectivity index (χ1n) is 8.06. The number of halogens is 1. The van der Waals surface area contributed by atoms with Crippen molar-refractivity contribution in [1.82, 2.24) is 9.38 Å². The van der Waals surface area contributed by atoms with Crippen LogP contribution in [-0.4, -0.2) is 21.0 Å². The number of thioether (sulfide) groups is 1. The lowest BCUT2D eigenvalue weighted by Crippen LogP contribution is -2.17. The van der Waals surface area contributed by atoms with Gasteiger partial charge in [-0.25, -0.2) is 4.98 Å². The fourth-order valence-corrected chi connectivity index (χ4v) is 3.40. The number of benzene rings is 1. The highest BCUT2D eigenvalue weighted by Crippen LogP contribution is 2.23. The van der Waals surface area contributed by atoms with Crippen LogP contribution in [0.4, 0.5) is 5.69 Å². The van der Waals surface area contributed by atoms with E-state index in [1.165, 1.54) is 22.2 Å². The molecule has 0 atom stereocenters. The Labute approximate surface area is 160 Å². The average molecular weight is 388 g/mol. The zero-order valence-electron chi connectivity index (χ0n) is 14.5. The minimum absolute atomic E-state index is 0.117. The molecule has 0 radical (unpaired) electrons. The number of hydrogen-bond donors (Lipinski definition) is 1. The number of aryl methyl sites for hydroxylation is 1. The van der Waals surface area contributed by atoms with Crippen molar-refractivity contribution in [2.45, 2.75) is 19.6 Å². The normalized spacial score (nSPS) is 10.9. The molecule has 3 aromatic rings. The number of nitrogens with zero attached hydrogens (tertiary/aromatic N) is 2. The van der Waals surface area contributed by atoms with Crippen molar-refractivity contribution in [2.24, 2.45) is 0 Å². The Morgan fingerprint density at radius 1 is 1.27 bits per heavy atom. The van der Waals surface area contributed by atoms with Crippen LogP contribution in [0.1, 0.15) is 16.8 Å². The molecule has 134 valence electrons. The Kier molecular flexibility index (Phi) is 5.64. The zero-order valence-corrected chi connectivity index (χ0v) is 16.0.